The molecule has 67 heavy (non-hydrogen) atoms. The number of halogens is 6. The van der Waals surface area contributed by atoms with Crippen LogP contribution in [0.15, 0.2) is 0 Å². The smallest absolute Gasteiger partial charge is 0.314 e. The number of anilines is 2. The highest BCUT2D eigenvalue weighted by Crippen LogP contribution is 2.35. The van der Waals surface area contributed by atoms with Crippen molar-refractivity contribution in [3.05, 3.63) is 43.7 Å². The van der Waals surface area contributed by atoms with Crippen molar-refractivity contribution in [3.63, 3.8) is 0 Å². The molecule has 0 saturated heterocycles. The first-order chi connectivity index (χ1) is 31.2. The topological polar surface area (TPSA) is 486 Å². The molecule has 0 aliphatic carbocycles. The molecule has 0 aliphatic rings. The summed E-state index contributed by atoms with van der Waals surface area (Å²) < 4.78 is 1.74. The lowest BCUT2D eigenvalue weighted by Crippen LogP contribution is -2.48. The minimum Gasteiger partial charge on any atom is -0.481 e. The summed E-state index contributed by atoms with van der Waals surface area (Å²) in [5.41, 5.74) is 12.5. The van der Waals surface area contributed by atoms with Crippen LogP contribution in [0.1, 0.15) is 47.9 Å². The highest BCUT2D eigenvalue weighted by molar-refractivity contribution is 14.1. The van der Waals surface area contributed by atoms with E-state index in [2.05, 4.69) is 21.3 Å². The van der Waals surface area contributed by atoms with Crippen LogP contribution in [0.25, 0.3) is 0 Å². The first-order valence-electron chi connectivity index (χ1n) is 18.4. The largest absolute Gasteiger partial charge is 0.481 e. The third-order valence-corrected chi connectivity index (χ3v) is 15.2. The van der Waals surface area contributed by atoms with Crippen molar-refractivity contribution >= 4 is 182 Å². The lowest BCUT2D eigenvalue weighted by molar-refractivity contribution is -0.147. The standard InChI is InChI=1S/2C16H22I3N3O8.C3H4O4/c2*17-11-9(15(29)21-5(1-23)7(27)3-25)12(18)14(20)13(19)10(11)16(30)22-6(2-24)8(28)4-26;4-2(5)1-3(6)7/h2*5-8,23-28H,1-4,20H2,(H,21,29)(H,22,30);1H2,(H,4,5)(H,6,7). The average Bonchev–Trinajstić information content (AvgIpc) is 3.28. The van der Waals surface area contributed by atoms with E-state index in [9.17, 15) is 69.6 Å². The molecular weight excluding hydrogens is 1590 g/mol. The number of aliphatic hydroxyl groups is 12. The van der Waals surface area contributed by atoms with E-state index in [0.717, 1.165) is 0 Å². The predicted molar refractivity (Wildman–Crippen MR) is 284 cm³/mol. The Morgan fingerprint density at radius 3 is 0.672 bits per heavy atom. The number of nitrogen functional groups attached to an aromatic ring is 2. The average molecular weight is 1630 g/mol. The number of carbonyl (C=O) groups is 6. The van der Waals surface area contributed by atoms with Crippen LogP contribution in [0.2, 0.25) is 0 Å². The number of carboxylic acids is 2. The molecule has 0 saturated carbocycles. The molecule has 22 N–H and O–H groups in total. The highest BCUT2D eigenvalue weighted by Gasteiger charge is 2.33. The van der Waals surface area contributed by atoms with Crippen LogP contribution in [0.3, 0.4) is 0 Å². The van der Waals surface area contributed by atoms with Crippen LogP contribution >= 0.6 is 136 Å². The monoisotopic (exact) mass is 1630 g/mol. The second-order valence-electron chi connectivity index (χ2n) is 13.2. The lowest BCUT2D eigenvalue weighted by Gasteiger charge is -2.24. The molecule has 0 radical (unpaired) electrons. The van der Waals surface area contributed by atoms with Crippen molar-refractivity contribution in [2.75, 3.05) is 64.3 Å². The Bertz CT molecular complexity index is 1790. The van der Waals surface area contributed by atoms with E-state index in [1.807, 2.05) is 90.4 Å². The summed E-state index contributed by atoms with van der Waals surface area (Å²) in [6.45, 7) is -5.27. The zero-order chi connectivity index (χ0) is 52.2. The van der Waals surface area contributed by atoms with Crippen LogP contribution < -0.4 is 32.7 Å². The molecule has 8 unspecified atom stereocenters. The molecule has 26 nitrogen and oxygen atoms in total. The summed E-state index contributed by atoms with van der Waals surface area (Å²) in [5.74, 6) is -5.56. The van der Waals surface area contributed by atoms with Gasteiger partial charge in [0.15, 0.2) is 0 Å². The number of amides is 4. The Kier molecular flexibility index (Phi) is 32.1. The van der Waals surface area contributed by atoms with Gasteiger partial charge in [-0.3, -0.25) is 28.8 Å². The van der Waals surface area contributed by atoms with Crippen LogP contribution in [0, 0.1) is 21.4 Å². The number of rotatable bonds is 22. The van der Waals surface area contributed by atoms with E-state index in [1.54, 1.807) is 45.2 Å². The molecule has 2 aromatic rings. The SMILES string of the molecule is Nc1c(I)c(C(=O)NC(CO)C(O)CO)c(I)c(C(=O)NC(CO)C(O)CO)c1I.Nc1c(I)c(C(=O)NC(CO)C(O)CO)c(I)c(C(=O)NC(CO)C(O)CO)c1I.O=C(O)CC(=O)O. The van der Waals surface area contributed by atoms with Crippen LogP contribution in [-0.4, -0.2) is 208 Å². The van der Waals surface area contributed by atoms with Gasteiger partial charge < -0.3 is 104 Å². The maximum Gasteiger partial charge on any atom is 0.314 e. The molecule has 2 rings (SSSR count). The van der Waals surface area contributed by atoms with Gasteiger partial charge in [0.05, 0.1) is 149 Å². The Labute approximate surface area is 461 Å². The van der Waals surface area contributed by atoms with E-state index in [0.29, 0.717) is 14.3 Å². The summed E-state index contributed by atoms with van der Waals surface area (Å²) in [6.07, 6.45) is -6.40. The maximum absolute atomic E-state index is 12.8. The van der Waals surface area contributed by atoms with Gasteiger partial charge in [-0.1, -0.05) is 0 Å². The van der Waals surface area contributed by atoms with Crippen LogP contribution in [-0.2, 0) is 9.59 Å². The van der Waals surface area contributed by atoms with Gasteiger partial charge >= 0.3 is 11.9 Å². The van der Waals surface area contributed by atoms with Gasteiger partial charge in [-0.15, -0.1) is 0 Å². The van der Waals surface area contributed by atoms with Crippen molar-refractivity contribution in [3.8, 4) is 0 Å². The number of aliphatic hydroxyl groups excluding tert-OH is 12. The molecule has 0 bridgehead atoms. The van der Waals surface area contributed by atoms with E-state index in [4.69, 9.17) is 42.1 Å². The van der Waals surface area contributed by atoms with Gasteiger partial charge in [0.2, 0.25) is 0 Å². The Balaban J connectivity index is 0.00000114. The first kappa shape index (κ1) is 65.8. The van der Waals surface area contributed by atoms with E-state index in [-0.39, 0.29) is 40.8 Å². The molecule has 32 heteroatoms. The Hall–Kier alpha value is -1.24. The molecule has 380 valence electrons. The lowest BCUT2D eigenvalue weighted by atomic mass is 10.1. The molecule has 8 atom stereocenters. The number of hydrogen-bond donors (Lipinski definition) is 20. The quantitative estimate of drug-likeness (QED) is 0.0300. The number of nitrogens with one attached hydrogen (secondary N) is 4. The van der Waals surface area contributed by atoms with Gasteiger partial charge in [0.25, 0.3) is 23.6 Å². The van der Waals surface area contributed by atoms with E-state index >= 15 is 0 Å². The molecule has 0 fully saturated rings. The summed E-state index contributed by atoms with van der Waals surface area (Å²) in [7, 11) is 0. The Morgan fingerprint density at radius 1 is 0.373 bits per heavy atom. The van der Waals surface area contributed by atoms with Crippen LogP contribution in [0.4, 0.5) is 11.4 Å². The number of nitrogens with two attached hydrogens (primary N) is 2. The zero-order valence-corrected chi connectivity index (χ0v) is 47.1. The molecular formula is C35H48I6N6O20. The third kappa shape index (κ3) is 19.4. The molecule has 0 spiro atoms. The van der Waals surface area contributed by atoms with Crippen molar-refractivity contribution in [1.82, 2.24) is 21.3 Å². The van der Waals surface area contributed by atoms with Gasteiger partial charge in [0, 0.05) is 7.14 Å². The van der Waals surface area contributed by atoms with Gasteiger partial charge in [-0.2, -0.15) is 0 Å². The first-order valence-corrected chi connectivity index (χ1v) is 24.9. The second kappa shape index (κ2) is 32.7. The summed E-state index contributed by atoms with van der Waals surface area (Å²) in [5, 5.41) is 137. The molecule has 0 aliphatic heterocycles. The molecule has 0 aromatic heterocycles. The number of hydrogen-bond acceptors (Lipinski definition) is 20. The minimum absolute atomic E-state index is 0.0195. The van der Waals surface area contributed by atoms with Gasteiger partial charge in [0.1, 0.15) is 6.42 Å². The zero-order valence-electron chi connectivity index (χ0n) is 34.1. The Morgan fingerprint density at radius 2 is 0.552 bits per heavy atom. The van der Waals surface area contributed by atoms with E-state index < -0.39 is 143 Å². The van der Waals surface area contributed by atoms with Crippen molar-refractivity contribution in [2.45, 2.75) is 55.0 Å². The number of carboxylic acid groups (broad SMARTS) is 2. The van der Waals surface area contributed by atoms with Crippen LogP contribution in [0.5, 0.6) is 0 Å². The molecule has 2 aromatic carbocycles. The van der Waals surface area contributed by atoms with E-state index in [1.165, 1.54) is 0 Å². The number of benzene rings is 2. The summed E-state index contributed by atoms with van der Waals surface area (Å²) >= 11 is 10.9. The summed E-state index contributed by atoms with van der Waals surface area (Å²) in [6, 6.07) is -4.59. The maximum atomic E-state index is 12.8. The highest BCUT2D eigenvalue weighted by atomic mass is 127. The molecule has 4 amide bonds. The number of carbonyl (C=O) groups excluding carboxylic acids is 4. The van der Waals surface area contributed by atoms with Crippen molar-refractivity contribution in [2.24, 2.45) is 0 Å². The van der Waals surface area contributed by atoms with Gasteiger partial charge in [-0.05, 0) is 136 Å². The third-order valence-electron chi connectivity index (χ3n) is 8.57. The normalized spacial score (nSPS) is 14.5. The van der Waals surface area contributed by atoms with Gasteiger partial charge in [-0.25, -0.2) is 0 Å². The minimum atomic E-state index is -1.40. The van der Waals surface area contributed by atoms with Crippen molar-refractivity contribution < 1.29 is 100 Å². The fourth-order valence-corrected chi connectivity index (χ4v) is 13.1. The number of aliphatic carboxylic acids is 2. The second-order valence-corrected chi connectivity index (χ2v) is 19.7. The fraction of sp³-hybridized carbons (Fsp3) is 0.486. The molecule has 0 heterocycles. The predicted octanol–water partition coefficient (Wildman–Crippen LogP) is -4.51. The summed E-state index contributed by atoms with van der Waals surface area (Å²) in [4.78, 5) is 70.1. The fourth-order valence-electron chi connectivity index (χ4n) is 4.82. The van der Waals surface area contributed by atoms with Crippen molar-refractivity contribution in [1.29, 1.82) is 0 Å².